The van der Waals surface area contributed by atoms with Crippen LogP contribution in [0.3, 0.4) is 0 Å². The molecule has 0 bridgehead atoms. The molecule has 0 saturated heterocycles. The van der Waals surface area contributed by atoms with Crippen molar-refractivity contribution in [2.24, 2.45) is 0 Å². The lowest BCUT2D eigenvalue weighted by atomic mass is 10.1. The zero-order valence-electron chi connectivity index (χ0n) is 10.6. The highest BCUT2D eigenvalue weighted by Crippen LogP contribution is 2.31. The summed E-state index contributed by atoms with van der Waals surface area (Å²) in [6.07, 6.45) is 0. The maximum Gasteiger partial charge on any atom is 0.142 e. The van der Waals surface area contributed by atoms with Gasteiger partial charge >= 0.3 is 0 Å². The van der Waals surface area contributed by atoms with Crippen molar-refractivity contribution in [3.05, 3.63) is 59.7 Å². The SMILES string of the molecule is Cc1ccc(CN2CCOc3ccccc32)cc1. The predicted molar refractivity (Wildman–Crippen MR) is 74.2 cm³/mol. The van der Waals surface area contributed by atoms with E-state index in [9.17, 15) is 0 Å². The number of aryl methyl sites for hydroxylation is 1. The fourth-order valence-corrected chi connectivity index (χ4v) is 2.30. The van der Waals surface area contributed by atoms with Gasteiger partial charge in [0.2, 0.25) is 0 Å². The summed E-state index contributed by atoms with van der Waals surface area (Å²) in [5.74, 6) is 0.996. The van der Waals surface area contributed by atoms with Gasteiger partial charge in [-0.2, -0.15) is 0 Å². The molecule has 3 rings (SSSR count). The van der Waals surface area contributed by atoms with Crippen LogP contribution in [-0.4, -0.2) is 13.2 Å². The molecule has 2 nitrogen and oxygen atoms in total. The maximum atomic E-state index is 5.67. The minimum atomic E-state index is 0.767. The largest absolute Gasteiger partial charge is 0.490 e. The summed E-state index contributed by atoms with van der Waals surface area (Å²) in [7, 11) is 0. The normalized spacial score (nSPS) is 13.9. The summed E-state index contributed by atoms with van der Waals surface area (Å²) in [6.45, 7) is 4.78. The van der Waals surface area contributed by atoms with E-state index in [4.69, 9.17) is 4.74 Å². The van der Waals surface area contributed by atoms with Crippen molar-refractivity contribution < 1.29 is 4.74 Å². The fraction of sp³-hybridized carbons (Fsp3) is 0.250. The van der Waals surface area contributed by atoms with Crippen LogP contribution in [0.15, 0.2) is 48.5 Å². The second-order valence-electron chi connectivity index (χ2n) is 4.72. The second-order valence-corrected chi connectivity index (χ2v) is 4.72. The average molecular weight is 239 g/mol. The van der Waals surface area contributed by atoms with E-state index in [1.807, 2.05) is 12.1 Å². The summed E-state index contributed by atoms with van der Waals surface area (Å²) in [5, 5.41) is 0. The number of hydrogen-bond donors (Lipinski definition) is 0. The zero-order chi connectivity index (χ0) is 12.4. The highest BCUT2D eigenvalue weighted by atomic mass is 16.5. The standard InChI is InChI=1S/C16H17NO/c1-13-6-8-14(9-7-13)12-17-10-11-18-16-5-3-2-4-15(16)17/h2-9H,10-12H2,1H3. The Morgan fingerprint density at radius 1 is 1.06 bits per heavy atom. The Kier molecular flexibility index (Phi) is 2.93. The van der Waals surface area contributed by atoms with Crippen LogP contribution in [0.4, 0.5) is 5.69 Å². The lowest BCUT2D eigenvalue weighted by Crippen LogP contribution is -2.32. The van der Waals surface area contributed by atoms with Crippen LogP contribution in [0, 0.1) is 6.92 Å². The molecule has 0 saturated carbocycles. The van der Waals surface area contributed by atoms with Crippen LogP contribution in [-0.2, 0) is 6.54 Å². The summed E-state index contributed by atoms with van der Waals surface area (Å²) >= 11 is 0. The molecule has 1 heterocycles. The first kappa shape index (κ1) is 11.1. The highest BCUT2D eigenvalue weighted by molar-refractivity contribution is 5.59. The van der Waals surface area contributed by atoms with E-state index >= 15 is 0 Å². The zero-order valence-corrected chi connectivity index (χ0v) is 10.6. The van der Waals surface area contributed by atoms with Crippen molar-refractivity contribution >= 4 is 5.69 Å². The van der Waals surface area contributed by atoms with E-state index in [0.29, 0.717) is 0 Å². The number of hydrogen-bond acceptors (Lipinski definition) is 2. The lowest BCUT2D eigenvalue weighted by Gasteiger charge is -2.31. The van der Waals surface area contributed by atoms with Crippen LogP contribution < -0.4 is 9.64 Å². The van der Waals surface area contributed by atoms with Gasteiger partial charge in [-0.25, -0.2) is 0 Å². The first-order valence-electron chi connectivity index (χ1n) is 6.35. The summed E-state index contributed by atoms with van der Waals surface area (Å²) in [6, 6.07) is 17.0. The van der Waals surface area contributed by atoms with Crippen molar-refractivity contribution in [1.29, 1.82) is 0 Å². The first-order chi connectivity index (χ1) is 8.83. The second kappa shape index (κ2) is 4.73. The Morgan fingerprint density at radius 2 is 1.83 bits per heavy atom. The number of fused-ring (bicyclic) bond motifs is 1. The maximum absolute atomic E-state index is 5.67. The van der Waals surface area contributed by atoms with Gasteiger partial charge in [0, 0.05) is 6.54 Å². The van der Waals surface area contributed by atoms with Gasteiger partial charge in [-0.1, -0.05) is 42.0 Å². The van der Waals surface area contributed by atoms with Gasteiger partial charge in [-0.05, 0) is 24.6 Å². The Morgan fingerprint density at radius 3 is 2.67 bits per heavy atom. The Labute approximate surface area is 108 Å². The summed E-state index contributed by atoms with van der Waals surface area (Å²) in [5.41, 5.74) is 3.85. The molecule has 2 heteroatoms. The van der Waals surface area contributed by atoms with E-state index in [2.05, 4.69) is 48.2 Å². The first-order valence-corrected chi connectivity index (χ1v) is 6.35. The third kappa shape index (κ3) is 2.19. The molecule has 0 atom stereocenters. The number of para-hydroxylation sites is 2. The molecular weight excluding hydrogens is 222 g/mol. The molecule has 1 aliphatic heterocycles. The van der Waals surface area contributed by atoms with E-state index in [0.717, 1.165) is 25.4 Å². The molecule has 0 fully saturated rings. The number of nitrogens with zero attached hydrogens (tertiary/aromatic N) is 1. The van der Waals surface area contributed by atoms with Crippen molar-refractivity contribution in [3.63, 3.8) is 0 Å². The van der Waals surface area contributed by atoms with Crippen molar-refractivity contribution in [2.45, 2.75) is 13.5 Å². The molecule has 0 aliphatic carbocycles. The molecule has 0 radical (unpaired) electrons. The molecule has 18 heavy (non-hydrogen) atoms. The molecule has 2 aromatic rings. The molecule has 0 amide bonds. The molecular formula is C16H17NO. The number of anilines is 1. The van der Waals surface area contributed by atoms with Crippen LogP contribution in [0.5, 0.6) is 5.75 Å². The van der Waals surface area contributed by atoms with Gasteiger partial charge in [0.25, 0.3) is 0 Å². The molecule has 1 aliphatic rings. The molecule has 0 spiro atoms. The van der Waals surface area contributed by atoms with Gasteiger partial charge in [-0.3, -0.25) is 0 Å². The number of benzene rings is 2. The predicted octanol–water partition coefficient (Wildman–Crippen LogP) is 3.39. The van der Waals surface area contributed by atoms with E-state index in [1.165, 1.54) is 16.8 Å². The van der Waals surface area contributed by atoms with Crippen LogP contribution in [0.2, 0.25) is 0 Å². The molecule has 2 aromatic carbocycles. The van der Waals surface area contributed by atoms with Crippen molar-refractivity contribution in [1.82, 2.24) is 0 Å². The lowest BCUT2D eigenvalue weighted by molar-refractivity contribution is 0.307. The Hall–Kier alpha value is -1.96. The topological polar surface area (TPSA) is 12.5 Å². The monoisotopic (exact) mass is 239 g/mol. The summed E-state index contributed by atoms with van der Waals surface area (Å²) < 4.78 is 5.67. The number of ether oxygens (including phenoxy) is 1. The van der Waals surface area contributed by atoms with Crippen molar-refractivity contribution in [3.8, 4) is 5.75 Å². The van der Waals surface area contributed by atoms with Gasteiger partial charge in [0.05, 0.1) is 12.2 Å². The Bertz CT molecular complexity index is 533. The van der Waals surface area contributed by atoms with Crippen LogP contribution >= 0.6 is 0 Å². The molecule has 92 valence electrons. The van der Waals surface area contributed by atoms with Gasteiger partial charge in [-0.15, -0.1) is 0 Å². The Balaban J connectivity index is 1.84. The van der Waals surface area contributed by atoms with Crippen LogP contribution in [0.25, 0.3) is 0 Å². The fourth-order valence-electron chi connectivity index (χ4n) is 2.30. The minimum absolute atomic E-state index is 0.767. The third-order valence-electron chi connectivity index (χ3n) is 3.32. The smallest absolute Gasteiger partial charge is 0.142 e. The molecule has 0 aromatic heterocycles. The quantitative estimate of drug-likeness (QED) is 0.796. The van der Waals surface area contributed by atoms with Crippen molar-refractivity contribution in [2.75, 3.05) is 18.1 Å². The third-order valence-corrected chi connectivity index (χ3v) is 3.32. The molecule has 0 unspecified atom stereocenters. The van der Waals surface area contributed by atoms with Gasteiger partial charge < -0.3 is 9.64 Å². The van der Waals surface area contributed by atoms with E-state index < -0.39 is 0 Å². The van der Waals surface area contributed by atoms with Gasteiger partial charge in [0.15, 0.2) is 0 Å². The van der Waals surface area contributed by atoms with Gasteiger partial charge in [0.1, 0.15) is 12.4 Å². The van der Waals surface area contributed by atoms with Crippen LogP contribution in [0.1, 0.15) is 11.1 Å². The average Bonchev–Trinajstić information content (AvgIpc) is 2.42. The molecule has 0 N–H and O–H groups in total. The van der Waals surface area contributed by atoms with E-state index in [-0.39, 0.29) is 0 Å². The number of rotatable bonds is 2. The van der Waals surface area contributed by atoms with E-state index in [1.54, 1.807) is 0 Å². The highest BCUT2D eigenvalue weighted by Gasteiger charge is 2.17. The minimum Gasteiger partial charge on any atom is -0.490 e. The summed E-state index contributed by atoms with van der Waals surface area (Å²) in [4.78, 5) is 2.38.